The van der Waals surface area contributed by atoms with E-state index in [2.05, 4.69) is 47.5 Å². The molecule has 3 unspecified atom stereocenters. The van der Waals surface area contributed by atoms with Gasteiger partial charge in [-0.05, 0) is 24.3 Å². The molecule has 2 heteroatoms. The molecule has 2 aliphatic rings. The molecule has 0 radical (unpaired) electrons. The van der Waals surface area contributed by atoms with E-state index in [4.69, 9.17) is 0 Å². The molecule has 0 spiro atoms. The Bertz CT molecular complexity index is 376. The Hall–Kier alpha value is -0.860. The molecule has 98 valence electrons. The summed E-state index contributed by atoms with van der Waals surface area (Å²) in [7, 11) is 0. The van der Waals surface area contributed by atoms with Crippen LogP contribution in [0.15, 0.2) is 30.3 Å². The Morgan fingerprint density at radius 1 is 1.28 bits per heavy atom. The second kappa shape index (κ2) is 5.41. The molecule has 0 amide bonds. The Morgan fingerprint density at radius 3 is 2.89 bits per heavy atom. The highest BCUT2D eigenvalue weighted by molar-refractivity contribution is 5.21. The van der Waals surface area contributed by atoms with Crippen molar-refractivity contribution < 1.29 is 0 Å². The van der Waals surface area contributed by atoms with Gasteiger partial charge in [0, 0.05) is 31.7 Å². The van der Waals surface area contributed by atoms with Crippen LogP contribution in [0.1, 0.15) is 37.8 Å². The van der Waals surface area contributed by atoms with Crippen molar-refractivity contribution >= 4 is 0 Å². The van der Waals surface area contributed by atoms with E-state index >= 15 is 0 Å². The molecule has 3 rings (SSSR count). The molecular weight excluding hydrogens is 220 g/mol. The van der Waals surface area contributed by atoms with E-state index in [0.717, 1.165) is 25.0 Å². The maximum atomic E-state index is 3.55. The Balaban J connectivity index is 1.71. The molecule has 0 aromatic heterocycles. The lowest BCUT2D eigenvalue weighted by atomic mass is 10.0. The van der Waals surface area contributed by atoms with E-state index < -0.39 is 0 Å². The SMILES string of the molecule is CCCC1CC1N1CCNCC1c1ccccc1. The van der Waals surface area contributed by atoms with Crippen molar-refractivity contribution in [2.45, 2.75) is 38.3 Å². The van der Waals surface area contributed by atoms with Crippen molar-refractivity contribution in [3.63, 3.8) is 0 Å². The Morgan fingerprint density at radius 2 is 2.11 bits per heavy atom. The summed E-state index contributed by atoms with van der Waals surface area (Å²) in [6, 6.07) is 12.5. The van der Waals surface area contributed by atoms with Gasteiger partial charge >= 0.3 is 0 Å². The standard InChI is InChI=1S/C16H24N2/c1-2-6-14-11-15(14)18-10-9-17-12-16(18)13-7-4-3-5-8-13/h3-5,7-8,14-17H,2,6,9-12H2,1H3. The van der Waals surface area contributed by atoms with E-state index in [1.54, 1.807) is 0 Å². The first-order valence-electron chi connectivity index (χ1n) is 7.41. The summed E-state index contributed by atoms with van der Waals surface area (Å²) in [6.07, 6.45) is 4.18. The molecule has 1 aliphatic carbocycles. The van der Waals surface area contributed by atoms with Crippen LogP contribution >= 0.6 is 0 Å². The second-order valence-corrected chi connectivity index (χ2v) is 5.72. The van der Waals surface area contributed by atoms with Gasteiger partial charge in [0.25, 0.3) is 0 Å². The zero-order chi connectivity index (χ0) is 12.4. The van der Waals surface area contributed by atoms with E-state index in [1.807, 2.05) is 0 Å². The maximum Gasteiger partial charge on any atom is 0.0476 e. The minimum Gasteiger partial charge on any atom is -0.314 e. The van der Waals surface area contributed by atoms with Crippen LogP contribution in [0, 0.1) is 5.92 Å². The summed E-state index contributed by atoms with van der Waals surface area (Å²) >= 11 is 0. The summed E-state index contributed by atoms with van der Waals surface area (Å²) < 4.78 is 0. The number of hydrogen-bond donors (Lipinski definition) is 1. The number of rotatable bonds is 4. The van der Waals surface area contributed by atoms with Crippen LogP contribution in [0.3, 0.4) is 0 Å². The molecule has 1 heterocycles. The number of piperazine rings is 1. The fourth-order valence-corrected chi connectivity index (χ4v) is 3.42. The highest BCUT2D eigenvalue weighted by Gasteiger charge is 2.44. The van der Waals surface area contributed by atoms with Crippen molar-refractivity contribution in [1.29, 1.82) is 0 Å². The van der Waals surface area contributed by atoms with Gasteiger partial charge in [0.1, 0.15) is 0 Å². The third-order valence-electron chi connectivity index (χ3n) is 4.44. The first-order valence-corrected chi connectivity index (χ1v) is 7.41. The maximum absolute atomic E-state index is 3.55. The van der Waals surface area contributed by atoms with Crippen LogP contribution < -0.4 is 5.32 Å². The van der Waals surface area contributed by atoms with Crippen LogP contribution in [-0.4, -0.2) is 30.6 Å². The molecule has 1 N–H and O–H groups in total. The largest absolute Gasteiger partial charge is 0.314 e. The Labute approximate surface area is 110 Å². The highest BCUT2D eigenvalue weighted by atomic mass is 15.3. The summed E-state index contributed by atoms with van der Waals surface area (Å²) in [5.74, 6) is 0.972. The van der Waals surface area contributed by atoms with Gasteiger partial charge in [-0.25, -0.2) is 0 Å². The molecule has 1 saturated heterocycles. The lowest BCUT2D eigenvalue weighted by molar-refractivity contribution is 0.144. The molecule has 1 aromatic rings. The van der Waals surface area contributed by atoms with Gasteiger partial charge in [-0.3, -0.25) is 4.90 Å². The smallest absolute Gasteiger partial charge is 0.0476 e. The van der Waals surface area contributed by atoms with Gasteiger partial charge in [-0.1, -0.05) is 43.7 Å². The topological polar surface area (TPSA) is 15.3 Å². The Kier molecular flexibility index (Phi) is 3.67. The van der Waals surface area contributed by atoms with Crippen molar-refractivity contribution in [1.82, 2.24) is 10.2 Å². The summed E-state index contributed by atoms with van der Waals surface area (Å²) in [5.41, 5.74) is 1.48. The summed E-state index contributed by atoms with van der Waals surface area (Å²) in [5, 5.41) is 3.55. The zero-order valence-corrected chi connectivity index (χ0v) is 11.3. The van der Waals surface area contributed by atoms with Crippen molar-refractivity contribution in [3.8, 4) is 0 Å². The first kappa shape index (κ1) is 12.2. The molecule has 2 nitrogen and oxygen atoms in total. The predicted octanol–water partition coefficient (Wildman–Crippen LogP) is 2.82. The lowest BCUT2D eigenvalue weighted by Gasteiger charge is -2.37. The predicted molar refractivity (Wildman–Crippen MR) is 75.6 cm³/mol. The fourth-order valence-electron chi connectivity index (χ4n) is 3.42. The van der Waals surface area contributed by atoms with Gasteiger partial charge in [-0.2, -0.15) is 0 Å². The minimum absolute atomic E-state index is 0.590. The van der Waals surface area contributed by atoms with Gasteiger partial charge in [0.2, 0.25) is 0 Å². The normalized spacial score (nSPS) is 32.4. The van der Waals surface area contributed by atoms with Crippen molar-refractivity contribution in [2.24, 2.45) is 5.92 Å². The third-order valence-corrected chi connectivity index (χ3v) is 4.44. The second-order valence-electron chi connectivity index (χ2n) is 5.72. The molecule has 1 aromatic carbocycles. The zero-order valence-electron chi connectivity index (χ0n) is 11.3. The molecule has 1 aliphatic heterocycles. The van der Waals surface area contributed by atoms with Gasteiger partial charge < -0.3 is 5.32 Å². The molecular formula is C16H24N2. The van der Waals surface area contributed by atoms with Gasteiger partial charge in [0.05, 0.1) is 0 Å². The van der Waals surface area contributed by atoms with E-state index in [9.17, 15) is 0 Å². The van der Waals surface area contributed by atoms with E-state index in [1.165, 1.54) is 31.4 Å². The first-order chi connectivity index (χ1) is 8.90. The van der Waals surface area contributed by atoms with Crippen molar-refractivity contribution in [3.05, 3.63) is 35.9 Å². The molecule has 0 bridgehead atoms. The molecule has 3 atom stereocenters. The van der Waals surface area contributed by atoms with E-state index in [-0.39, 0.29) is 0 Å². The third kappa shape index (κ3) is 2.45. The van der Waals surface area contributed by atoms with Gasteiger partial charge in [0.15, 0.2) is 0 Å². The summed E-state index contributed by atoms with van der Waals surface area (Å²) in [4.78, 5) is 2.76. The number of hydrogen-bond acceptors (Lipinski definition) is 2. The molecule has 18 heavy (non-hydrogen) atoms. The minimum atomic E-state index is 0.590. The van der Waals surface area contributed by atoms with E-state index in [0.29, 0.717) is 6.04 Å². The van der Waals surface area contributed by atoms with Crippen molar-refractivity contribution in [2.75, 3.05) is 19.6 Å². The van der Waals surface area contributed by atoms with Gasteiger partial charge in [-0.15, -0.1) is 0 Å². The monoisotopic (exact) mass is 244 g/mol. The average molecular weight is 244 g/mol. The van der Waals surface area contributed by atoms with Crippen LogP contribution in [0.5, 0.6) is 0 Å². The lowest BCUT2D eigenvalue weighted by Crippen LogP contribution is -2.47. The van der Waals surface area contributed by atoms with Crippen LogP contribution in [0.25, 0.3) is 0 Å². The molecule has 1 saturated carbocycles. The number of nitrogens with one attached hydrogen (secondary N) is 1. The van der Waals surface area contributed by atoms with Crippen LogP contribution in [-0.2, 0) is 0 Å². The van der Waals surface area contributed by atoms with Crippen LogP contribution in [0.2, 0.25) is 0 Å². The average Bonchev–Trinajstić information content (AvgIpc) is 3.20. The summed E-state index contributed by atoms with van der Waals surface area (Å²) in [6.45, 7) is 5.78. The fraction of sp³-hybridized carbons (Fsp3) is 0.625. The highest BCUT2D eigenvalue weighted by Crippen LogP contribution is 2.43. The number of benzene rings is 1. The quantitative estimate of drug-likeness (QED) is 0.876. The van der Waals surface area contributed by atoms with Crippen LogP contribution in [0.4, 0.5) is 0 Å². The number of nitrogens with zero attached hydrogens (tertiary/aromatic N) is 1. The molecule has 2 fully saturated rings.